The Morgan fingerprint density at radius 1 is 1.33 bits per heavy atom. The topological polar surface area (TPSA) is 104 Å². The number of carbonyl (C=O) groups excluding carboxylic acids is 2. The van der Waals surface area contributed by atoms with E-state index in [4.69, 9.17) is 9.15 Å². The van der Waals surface area contributed by atoms with Crippen molar-refractivity contribution in [3.8, 4) is 0 Å². The predicted molar refractivity (Wildman–Crippen MR) is 88.6 cm³/mol. The largest absolute Gasteiger partial charge is 0.468 e. The summed E-state index contributed by atoms with van der Waals surface area (Å²) in [6, 6.07) is -0.468. The van der Waals surface area contributed by atoms with E-state index in [0.29, 0.717) is 0 Å². The number of thioether (sulfide) groups is 1. The van der Waals surface area contributed by atoms with Gasteiger partial charge in [0.2, 0.25) is 5.89 Å². The molecule has 136 valence electrons. The molecule has 8 nitrogen and oxygen atoms in total. The molecule has 0 bridgehead atoms. The fourth-order valence-corrected chi connectivity index (χ4v) is 2.30. The van der Waals surface area contributed by atoms with Crippen molar-refractivity contribution in [2.24, 2.45) is 5.92 Å². The summed E-state index contributed by atoms with van der Waals surface area (Å²) in [6.07, 6.45) is 0.253. The number of hydrogen-bond acceptors (Lipinski definition) is 8. The van der Waals surface area contributed by atoms with Crippen LogP contribution in [-0.4, -0.2) is 40.7 Å². The summed E-state index contributed by atoms with van der Waals surface area (Å²) in [6.45, 7) is 9.34. The van der Waals surface area contributed by atoms with Crippen LogP contribution >= 0.6 is 11.8 Å². The molecule has 0 aliphatic carbocycles. The van der Waals surface area contributed by atoms with Crippen LogP contribution in [0.3, 0.4) is 0 Å². The predicted octanol–water partition coefficient (Wildman–Crippen LogP) is 2.95. The lowest BCUT2D eigenvalue weighted by atomic mass is 9.99. The summed E-state index contributed by atoms with van der Waals surface area (Å²) in [7, 11) is 1.31. The Bertz CT molecular complexity index is 556. The maximum atomic E-state index is 12.0. The zero-order chi connectivity index (χ0) is 18.3. The van der Waals surface area contributed by atoms with Crippen molar-refractivity contribution in [2.75, 3.05) is 12.9 Å². The first-order valence-electron chi connectivity index (χ1n) is 7.68. The Kier molecular flexibility index (Phi) is 7.53. The van der Waals surface area contributed by atoms with Crippen molar-refractivity contribution in [3.05, 3.63) is 5.89 Å². The molecule has 0 fully saturated rings. The van der Waals surface area contributed by atoms with Gasteiger partial charge in [0, 0.05) is 0 Å². The molecule has 1 aromatic rings. The number of esters is 1. The van der Waals surface area contributed by atoms with Gasteiger partial charge in [0.15, 0.2) is 0 Å². The van der Waals surface area contributed by atoms with Crippen LogP contribution in [0.15, 0.2) is 9.64 Å². The van der Waals surface area contributed by atoms with Gasteiger partial charge in [-0.3, -0.25) is 4.79 Å². The van der Waals surface area contributed by atoms with Crippen molar-refractivity contribution in [1.29, 1.82) is 0 Å². The van der Waals surface area contributed by atoms with E-state index >= 15 is 0 Å². The van der Waals surface area contributed by atoms with Crippen LogP contribution in [-0.2, 0) is 14.3 Å². The molecular formula is C15H25N3O5S. The Morgan fingerprint density at radius 2 is 2.00 bits per heavy atom. The lowest BCUT2D eigenvalue weighted by Crippen LogP contribution is -2.37. The average Bonchev–Trinajstić information content (AvgIpc) is 2.96. The van der Waals surface area contributed by atoms with Crippen LogP contribution in [0.5, 0.6) is 0 Å². The molecule has 1 heterocycles. The Hall–Kier alpha value is -1.77. The Labute approximate surface area is 146 Å². The van der Waals surface area contributed by atoms with E-state index in [9.17, 15) is 9.59 Å². The van der Waals surface area contributed by atoms with E-state index in [1.807, 2.05) is 13.8 Å². The van der Waals surface area contributed by atoms with Gasteiger partial charge in [0.25, 0.3) is 5.22 Å². The fraction of sp³-hybridized carbons (Fsp3) is 0.733. The number of methoxy groups -OCH3 is 1. The van der Waals surface area contributed by atoms with Crippen LogP contribution in [0.4, 0.5) is 4.79 Å². The molecule has 0 aromatic carbocycles. The third-order valence-corrected chi connectivity index (χ3v) is 3.91. The quantitative estimate of drug-likeness (QED) is 0.585. The molecule has 2 atom stereocenters. The summed E-state index contributed by atoms with van der Waals surface area (Å²) in [5.74, 6) is 0.0372. The minimum Gasteiger partial charge on any atom is -0.468 e. The standard InChI is InChI=1S/C15H25N3O5S/c1-7-9(2)11(16-13(20)23-15(3,4)5)12-17-18-14(22-12)24-8-10(19)21-6/h9,11H,7-8H2,1-6H3,(H,16,20)/t9-,11-/m0/s1. The highest BCUT2D eigenvalue weighted by molar-refractivity contribution is 7.99. The highest BCUT2D eigenvalue weighted by Crippen LogP contribution is 2.26. The minimum atomic E-state index is -0.597. The number of hydrogen-bond donors (Lipinski definition) is 1. The number of alkyl carbamates (subject to hydrolysis) is 1. The number of ether oxygens (including phenoxy) is 2. The van der Waals surface area contributed by atoms with Crippen molar-refractivity contribution in [2.45, 2.75) is 57.9 Å². The molecule has 1 aromatic heterocycles. The van der Waals surface area contributed by atoms with Crippen molar-refractivity contribution in [3.63, 3.8) is 0 Å². The molecule has 1 amide bonds. The van der Waals surface area contributed by atoms with Crippen LogP contribution < -0.4 is 5.32 Å². The summed E-state index contributed by atoms with van der Waals surface area (Å²) >= 11 is 1.08. The van der Waals surface area contributed by atoms with E-state index in [0.717, 1.165) is 18.2 Å². The van der Waals surface area contributed by atoms with Crippen molar-refractivity contribution < 1.29 is 23.5 Å². The Morgan fingerprint density at radius 3 is 2.54 bits per heavy atom. The number of aromatic nitrogens is 2. The molecule has 0 saturated heterocycles. The molecule has 0 aliphatic rings. The van der Waals surface area contributed by atoms with Gasteiger partial charge in [0.05, 0.1) is 7.11 Å². The summed E-state index contributed by atoms with van der Waals surface area (Å²) < 4.78 is 15.4. The number of nitrogens with one attached hydrogen (secondary N) is 1. The molecule has 0 radical (unpaired) electrons. The van der Waals surface area contributed by atoms with Crippen LogP contribution in [0.25, 0.3) is 0 Å². The van der Waals surface area contributed by atoms with Gasteiger partial charge in [-0.15, -0.1) is 10.2 Å². The normalized spacial score (nSPS) is 13.9. The second-order valence-corrected chi connectivity index (χ2v) is 7.21. The highest BCUT2D eigenvalue weighted by atomic mass is 32.2. The zero-order valence-corrected chi connectivity index (χ0v) is 15.7. The first kappa shape index (κ1) is 20.3. The van der Waals surface area contributed by atoms with Gasteiger partial charge in [-0.2, -0.15) is 0 Å². The lowest BCUT2D eigenvalue weighted by molar-refractivity contribution is -0.137. The lowest BCUT2D eigenvalue weighted by Gasteiger charge is -2.24. The van der Waals surface area contributed by atoms with Gasteiger partial charge < -0.3 is 19.2 Å². The van der Waals surface area contributed by atoms with Crippen molar-refractivity contribution >= 4 is 23.8 Å². The molecule has 1 rings (SSSR count). The molecule has 0 spiro atoms. The molecule has 0 unspecified atom stereocenters. The smallest absolute Gasteiger partial charge is 0.408 e. The van der Waals surface area contributed by atoms with Gasteiger partial charge in [0.1, 0.15) is 17.4 Å². The SMILES string of the molecule is CC[C@H](C)[C@H](NC(=O)OC(C)(C)C)c1nnc(SCC(=O)OC)o1. The third kappa shape index (κ3) is 6.77. The number of amides is 1. The minimum absolute atomic E-state index is 0.0661. The number of carbonyl (C=O) groups is 2. The van der Waals surface area contributed by atoms with Gasteiger partial charge >= 0.3 is 12.1 Å². The monoisotopic (exact) mass is 359 g/mol. The van der Waals surface area contributed by atoms with E-state index in [1.54, 1.807) is 20.8 Å². The molecule has 0 aliphatic heterocycles. The second-order valence-electron chi connectivity index (χ2n) is 6.28. The van der Waals surface area contributed by atoms with E-state index in [1.165, 1.54) is 7.11 Å². The molecule has 9 heteroatoms. The van der Waals surface area contributed by atoms with Gasteiger partial charge in [-0.05, 0) is 26.7 Å². The second kappa shape index (κ2) is 8.91. The average molecular weight is 359 g/mol. The first-order chi connectivity index (χ1) is 11.2. The number of nitrogens with zero attached hydrogens (tertiary/aromatic N) is 2. The molecular weight excluding hydrogens is 334 g/mol. The van der Waals surface area contributed by atoms with Gasteiger partial charge in [-0.1, -0.05) is 32.0 Å². The van der Waals surface area contributed by atoms with Gasteiger partial charge in [-0.25, -0.2) is 4.79 Å². The van der Waals surface area contributed by atoms with Crippen LogP contribution in [0, 0.1) is 5.92 Å². The maximum absolute atomic E-state index is 12.0. The summed E-state index contributed by atoms with van der Waals surface area (Å²) in [5, 5.41) is 10.9. The van der Waals surface area contributed by atoms with Crippen molar-refractivity contribution in [1.82, 2.24) is 15.5 Å². The highest BCUT2D eigenvalue weighted by Gasteiger charge is 2.28. The van der Waals surface area contributed by atoms with E-state index in [-0.39, 0.29) is 28.8 Å². The molecule has 0 saturated carbocycles. The first-order valence-corrected chi connectivity index (χ1v) is 8.67. The fourth-order valence-electron chi connectivity index (χ4n) is 1.70. The number of rotatable bonds is 7. The molecule has 1 N–H and O–H groups in total. The van der Waals surface area contributed by atoms with Crippen LogP contribution in [0.2, 0.25) is 0 Å². The van der Waals surface area contributed by atoms with E-state index < -0.39 is 17.7 Å². The van der Waals surface area contributed by atoms with E-state index in [2.05, 4.69) is 20.3 Å². The summed E-state index contributed by atoms with van der Waals surface area (Å²) in [5.41, 5.74) is -0.597. The maximum Gasteiger partial charge on any atom is 0.408 e. The summed E-state index contributed by atoms with van der Waals surface area (Å²) in [4.78, 5) is 23.2. The molecule has 24 heavy (non-hydrogen) atoms. The zero-order valence-electron chi connectivity index (χ0n) is 14.9. The third-order valence-electron chi connectivity index (χ3n) is 3.11. The van der Waals surface area contributed by atoms with Crippen LogP contribution in [0.1, 0.15) is 53.0 Å². The Balaban J connectivity index is 2.80.